The Morgan fingerprint density at radius 2 is 1.79 bits per heavy atom. The van der Waals surface area contributed by atoms with Gasteiger partial charge in [-0.15, -0.1) is 0 Å². The van der Waals surface area contributed by atoms with Gasteiger partial charge in [-0.3, -0.25) is 24.6 Å². The lowest BCUT2D eigenvalue weighted by atomic mass is 9.86. The number of piperidine rings is 3. The van der Waals surface area contributed by atoms with Crippen LogP contribution in [0.5, 0.6) is 0 Å². The number of fused-ring (bicyclic) bond motifs is 1. The predicted molar refractivity (Wildman–Crippen MR) is 125 cm³/mol. The van der Waals surface area contributed by atoms with E-state index >= 15 is 0 Å². The van der Waals surface area contributed by atoms with E-state index < -0.39 is 6.04 Å². The van der Waals surface area contributed by atoms with E-state index in [9.17, 15) is 14.4 Å². The number of carbonyl (C=O) groups excluding carboxylic acids is 3. The molecule has 4 heterocycles. The van der Waals surface area contributed by atoms with Crippen molar-refractivity contribution in [3.8, 4) is 0 Å². The summed E-state index contributed by atoms with van der Waals surface area (Å²) in [5.41, 5.74) is 2.93. The van der Waals surface area contributed by atoms with E-state index in [4.69, 9.17) is 0 Å². The highest BCUT2D eigenvalue weighted by molar-refractivity contribution is 6.05. The summed E-state index contributed by atoms with van der Waals surface area (Å²) in [6.07, 6.45) is 8.74. The van der Waals surface area contributed by atoms with Gasteiger partial charge in [0.15, 0.2) is 0 Å². The van der Waals surface area contributed by atoms with Crippen LogP contribution in [0.25, 0.3) is 0 Å². The zero-order valence-electron chi connectivity index (χ0n) is 19.5. The van der Waals surface area contributed by atoms with Crippen molar-refractivity contribution in [2.45, 2.75) is 70.5 Å². The zero-order chi connectivity index (χ0) is 22.8. The summed E-state index contributed by atoms with van der Waals surface area (Å²) in [5.74, 6) is 1.04. The van der Waals surface area contributed by atoms with E-state index in [0.717, 1.165) is 37.0 Å². The maximum Gasteiger partial charge on any atom is 0.255 e. The van der Waals surface area contributed by atoms with Crippen LogP contribution in [0.2, 0.25) is 0 Å². The SMILES string of the molecule is O=C1CCC(N2Cc3cc(CN4CCC(CCC5CCCNC5)CC4)ccc3C2=O)C(=O)N1. The predicted octanol–water partition coefficient (Wildman–Crippen LogP) is 2.44. The third-order valence-electron chi connectivity index (χ3n) is 8.08. The second-order valence-corrected chi connectivity index (χ2v) is 10.4. The number of benzene rings is 1. The molecule has 7 heteroatoms. The Bertz CT molecular complexity index is 903. The lowest BCUT2D eigenvalue weighted by Crippen LogP contribution is -2.52. The third kappa shape index (κ3) is 5.14. The number of imide groups is 1. The second kappa shape index (κ2) is 9.94. The monoisotopic (exact) mass is 452 g/mol. The number of hydrogen-bond acceptors (Lipinski definition) is 5. The first-order chi connectivity index (χ1) is 16.1. The van der Waals surface area contributed by atoms with E-state index in [2.05, 4.69) is 27.7 Å². The molecule has 1 aromatic rings. The lowest BCUT2D eigenvalue weighted by Gasteiger charge is -2.33. The average Bonchev–Trinajstić information content (AvgIpc) is 3.15. The summed E-state index contributed by atoms with van der Waals surface area (Å²) in [5, 5.41) is 5.91. The minimum Gasteiger partial charge on any atom is -0.322 e. The maximum absolute atomic E-state index is 12.9. The van der Waals surface area contributed by atoms with Crippen molar-refractivity contribution in [3.63, 3.8) is 0 Å². The van der Waals surface area contributed by atoms with Crippen LogP contribution in [0, 0.1) is 11.8 Å². The first-order valence-electron chi connectivity index (χ1n) is 12.8. The van der Waals surface area contributed by atoms with Crippen LogP contribution in [-0.2, 0) is 22.7 Å². The molecule has 1 aromatic carbocycles. The Morgan fingerprint density at radius 1 is 0.970 bits per heavy atom. The Balaban J connectivity index is 1.12. The van der Waals surface area contributed by atoms with Crippen LogP contribution >= 0.6 is 0 Å². The highest BCUT2D eigenvalue weighted by Gasteiger charge is 2.39. The summed E-state index contributed by atoms with van der Waals surface area (Å²) >= 11 is 0. The van der Waals surface area contributed by atoms with Gasteiger partial charge in [0, 0.05) is 25.1 Å². The molecule has 3 fully saturated rings. The number of nitrogens with one attached hydrogen (secondary N) is 2. The van der Waals surface area contributed by atoms with Gasteiger partial charge < -0.3 is 10.2 Å². The molecule has 2 unspecified atom stereocenters. The molecule has 0 saturated carbocycles. The Morgan fingerprint density at radius 3 is 2.55 bits per heavy atom. The van der Waals surface area contributed by atoms with Crippen molar-refractivity contribution < 1.29 is 14.4 Å². The van der Waals surface area contributed by atoms with Crippen molar-refractivity contribution >= 4 is 17.7 Å². The zero-order valence-corrected chi connectivity index (χ0v) is 19.5. The number of rotatable bonds is 6. The van der Waals surface area contributed by atoms with Crippen LogP contribution in [0.3, 0.4) is 0 Å². The van der Waals surface area contributed by atoms with Crippen molar-refractivity contribution in [2.75, 3.05) is 26.2 Å². The molecule has 3 saturated heterocycles. The van der Waals surface area contributed by atoms with Crippen LogP contribution in [0.1, 0.15) is 72.9 Å². The molecule has 4 aliphatic heterocycles. The molecule has 2 atom stereocenters. The molecular formula is C26H36N4O3. The van der Waals surface area contributed by atoms with Gasteiger partial charge in [0.1, 0.15) is 6.04 Å². The molecule has 178 valence electrons. The maximum atomic E-state index is 12.9. The normalized spacial score (nSPS) is 27.0. The standard InChI is InChI=1S/C26H36N4O3/c31-24-8-7-23(25(32)28-24)30-17-21-14-20(5-6-22(21)26(30)33)16-29-12-9-18(10-13-29)3-4-19-2-1-11-27-15-19/h5-6,14,18-19,23,27H,1-4,7-13,15-17H2,(H,28,31,32). The average molecular weight is 453 g/mol. The fourth-order valence-corrected chi connectivity index (χ4v) is 6.06. The Hall–Kier alpha value is -2.25. The first-order valence-corrected chi connectivity index (χ1v) is 12.8. The van der Waals surface area contributed by atoms with Gasteiger partial charge in [0.25, 0.3) is 5.91 Å². The number of carbonyl (C=O) groups is 3. The highest BCUT2D eigenvalue weighted by atomic mass is 16.2. The number of hydrogen-bond donors (Lipinski definition) is 2. The Labute approximate surface area is 196 Å². The summed E-state index contributed by atoms with van der Waals surface area (Å²) < 4.78 is 0. The van der Waals surface area contributed by atoms with Gasteiger partial charge in [0.05, 0.1) is 0 Å². The van der Waals surface area contributed by atoms with Gasteiger partial charge >= 0.3 is 0 Å². The third-order valence-corrected chi connectivity index (χ3v) is 8.08. The molecule has 0 bridgehead atoms. The minimum atomic E-state index is -0.547. The summed E-state index contributed by atoms with van der Waals surface area (Å²) in [4.78, 5) is 40.7. The molecular weight excluding hydrogens is 416 g/mol. The molecule has 0 spiro atoms. The smallest absolute Gasteiger partial charge is 0.255 e. The number of nitrogens with zero attached hydrogens (tertiary/aromatic N) is 2. The van der Waals surface area contributed by atoms with Crippen LogP contribution in [0.15, 0.2) is 18.2 Å². The number of likely N-dealkylation sites (tertiary alicyclic amines) is 1. The molecule has 0 aliphatic carbocycles. The minimum absolute atomic E-state index is 0.0972. The van der Waals surface area contributed by atoms with Crippen molar-refractivity contribution in [2.24, 2.45) is 11.8 Å². The van der Waals surface area contributed by atoms with E-state index in [-0.39, 0.29) is 24.1 Å². The van der Waals surface area contributed by atoms with Crippen LogP contribution < -0.4 is 10.6 Å². The molecule has 7 nitrogen and oxygen atoms in total. The van der Waals surface area contributed by atoms with E-state index in [1.165, 1.54) is 57.2 Å². The summed E-state index contributed by atoms with van der Waals surface area (Å²) in [7, 11) is 0. The van der Waals surface area contributed by atoms with Gasteiger partial charge in [0.2, 0.25) is 11.8 Å². The summed E-state index contributed by atoms with van der Waals surface area (Å²) in [6, 6.07) is 5.58. The molecule has 4 aliphatic rings. The summed E-state index contributed by atoms with van der Waals surface area (Å²) in [6.45, 7) is 6.06. The molecule has 3 amide bonds. The molecule has 2 N–H and O–H groups in total. The second-order valence-electron chi connectivity index (χ2n) is 10.4. The quantitative estimate of drug-likeness (QED) is 0.648. The van der Waals surface area contributed by atoms with Gasteiger partial charge in [-0.2, -0.15) is 0 Å². The molecule has 5 rings (SSSR count). The van der Waals surface area contributed by atoms with Gasteiger partial charge in [-0.1, -0.05) is 18.6 Å². The van der Waals surface area contributed by atoms with E-state index in [0.29, 0.717) is 18.5 Å². The fourth-order valence-electron chi connectivity index (χ4n) is 6.06. The van der Waals surface area contributed by atoms with Crippen molar-refractivity contribution in [1.29, 1.82) is 0 Å². The molecule has 0 radical (unpaired) electrons. The van der Waals surface area contributed by atoms with Gasteiger partial charge in [-0.25, -0.2) is 0 Å². The van der Waals surface area contributed by atoms with Crippen molar-refractivity contribution in [1.82, 2.24) is 20.4 Å². The Kier molecular flexibility index (Phi) is 6.79. The van der Waals surface area contributed by atoms with Gasteiger partial charge in [-0.05, 0) is 93.7 Å². The highest BCUT2D eigenvalue weighted by Crippen LogP contribution is 2.30. The number of amides is 3. The fraction of sp³-hybridized carbons (Fsp3) is 0.654. The first kappa shape index (κ1) is 22.5. The van der Waals surface area contributed by atoms with Crippen LogP contribution in [0.4, 0.5) is 0 Å². The molecule has 33 heavy (non-hydrogen) atoms. The van der Waals surface area contributed by atoms with Crippen molar-refractivity contribution in [3.05, 3.63) is 34.9 Å². The molecule has 0 aromatic heterocycles. The van der Waals surface area contributed by atoms with E-state index in [1.807, 2.05) is 6.07 Å². The topological polar surface area (TPSA) is 81.8 Å². The van der Waals surface area contributed by atoms with E-state index in [1.54, 1.807) is 4.90 Å². The lowest BCUT2D eigenvalue weighted by molar-refractivity contribution is -0.136. The van der Waals surface area contributed by atoms with Crippen LogP contribution in [-0.4, -0.2) is 59.7 Å². The largest absolute Gasteiger partial charge is 0.322 e.